The van der Waals surface area contributed by atoms with E-state index in [9.17, 15) is 9.59 Å². The largest absolute Gasteiger partial charge is 0.382 e. The number of benzene rings is 2. The minimum atomic E-state index is -0.424. The van der Waals surface area contributed by atoms with Crippen molar-refractivity contribution in [3.05, 3.63) is 53.6 Å². The van der Waals surface area contributed by atoms with Crippen molar-refractivity contribution in [2.24, 2.45) is 0 Å². The van der Waals surface area contributed by atoms with Crippen LogP contribution >= 0.6 is 0 Å². The number of nitriles is 1. The number of urea groups is 1. The molecule has 8 heteroatoms. The average molecular weight is 436 g/mol. The van der Waals surface area contributed by atoms with Crippen LogP contribution in [0.15, 0.2) is 42.5 Å². The van der Waals surface area contributed by atoms with Crippen LogP contribution in [0.2, 0.25) is 0 Å². The molecule has 3 amide bonds. The molecule has 1 fully saturated rings. The van der Waals surface area contributed by atoms with Crippen LogP contribution in [-0.2, 0) is 4.74 Å². The normalized spacial score (nSPS) is 12.8. The van der Waals surface area contributed by atoms with E-state index in [0.717, 1.165) is 38.0 Å². The van der Waals surface area contributed by atoms with Crippen LogP contribution in [0.1, 0.15) is 42.1 Å². The molecule has 8 nitrogen and oxygen atoms in total. The molecule has 1 heterocycles. The van der Waals surface area contributed by atoms with E-state index in [4.69, 9.17) is 10.00 Å². The third-order valence-corrected chi connectivity index (χ3v) is 5.17. The Morgan fingerprint density at radius 2 is 1.75 bits per heavy atom. The Balaban J connectivity index is 1.69. The number of amides is 3. The number of rotatable bonds is 9. The molecule has 0 atom stereocenters. The second-order valence-corrected chi connectivity index (χ2v) is 7.50. The minimum absolute atomic E-state index is 0.167. The second kappa shape index (κ2) is 11.7. The predicted octanol–water partition coefficient (Wildman–Crippen LogP) is 3.96. The molecular formula is C24H29N5O3. The molecule has 0 radical (unpaired) electrons. The molecule has 0 spiro atoms. The molecule has 1 saturated heterocycles. The maximum absolute atomic E-state index is 12.9. The maximum Gasteiger partial charge on any atom is 0.323 e. The molecule has 0 aromatic heterocycles. The van der Waals surface area contributed by atoms with Crippen LogP contribution in [0, 0.1) is 11.3 Å². The van der Waals surface area contributed by atoms with E-state index in [1.807, 2.05) is 19.1 Å². The zero-order valence-electron chi connectivity index (χ0n) is 18.3. The highest BCUT2D eigenvalue weighted by atomic mass is 16.5. The summed E-state index contributed by atoms with van der Waals surface area (Å²) in [6.07, 6.45) is 2.94. The molecule has 32 heavy (non-hydrogen) atoms. The van der Waals surface area contributed by atoms with Gasteiger partial charge in [0.05, 0.1) is 17.2 Å². The monoisotopic (exact) mass is 435 g/mol. The first-order chi connectivity index (χ1) is 15.6. The first-order valence-electron chi connectivity index (χ1n) is 10.9. The lowest BCUT2D eigenvalue weighted by Gasteiger charge is -2.22. The molecule has 3 rings (SSSR count). The van der Waals surface area contributed by atoms with E-state index in [1.165, 1.54) is 0 Å². The molecule has 2 aromatic carbocycles. The third-order valence-electron chi connectivity index (χ3n) is 5.17. The summed E-state index contributed by atoms with van der Waals surface area (Å²) in [4.78, 5) is 27.5. The minimum Gasteiger partial charge on any atom is -0.382 e. The maximum atomic E-state index is 12.9. The Labute approximate surface area is 188 Å². The number of carbonyl (C=O) groups excluding carboxylic acids is 2. The molecule has 2 aromatic rings. The second-order valence-electron chi connectivity index (χ2n) is 7.50. The first kappa shape index (κ1) is 23.1. The van der Waals surface area contributed by atoms with Gasteiger partial charge in [0.15, 0.2) is 0 Å². The van der Waals surface area contributed by atoms with Gasteiger partial charge in [0.25, 0.3) is 5.91 Å². The summed E-state index contributed by atoms with van der Waals surface area (Å²) in [7, 11) is 0. The van der Waals surface area contributed by atoms with Crippen LogP contribution in [0.4, 0.5) is 21.9 Å². The lowest BCUT2D eigenvalue weighted by atomic mass is 10.1. The zero-order chi connectivity index (χ0) is 22.8. The van der Waals surface area contributed by atoms with Gasteiger partial charge in [-0.05, 0) is 68.7 Å². The molecule has 0 unspecified atom stereocenters. The fourth-order valence-electron chi connectivity index (χ4n) is 3.57. The standard InChI is InChI=1S/C24H29N5O3/c1-2-32-15-5-12-26-23(30)21-16-20(10-11-22(21)29-13-3-4-14-29)28-24(31)27-19-8-6-18(17-25)7-9-19/h6-11,16H,2-5,12-15H2,1H3,(H,26,30)(H2,27,28,31). The van der Waals surface area contributed by atoms with Crippen molar-refractivity contribution in [1.82, 2.24) is 5.32 Å². The van der Waals surface area contributed by atoms with Gasteiger partial charge in [-0.1, -0.05) is 0 Å². The van der Waals surface area contributed by atoms with Gasteiger partial charge in [-0.3, -0.25) is 4.79 Å². The van der Waals surface area contributed by atoms with Gasteiger partial charge < -0.3 is 25.6 Å². The fraction of sp³-hybridized carbons (Fsp3) is 0.375. The Morgan fingerprint density at radius 3 is 2.44 bits per heavy atom. The number of hydrogen-bond acceptors (Lipinski definition) is 5. The van der Waals surface area contributed by atoms with Gasteiger partial charge in [0.2, 0.25) is 0 Å². The van der Waals surface area contributed by atoms with Crippen LogP contribution in [0.3, 0.4) is 0 Å². The van der Waals surface area contributed by atoms with Crippen molar-refractivity contribution in [2.45, 2.75) is 26.2 Å². The Kier molecular flexibility index (Phi) is 8.46. The topological polar surface area (TPSA) is 106 Å². The number of hydrogen-bond donors (Lipinski definition) is 3. The van der Waals surface area contributed by atoms with E-state index < -0.39 is 6.03 Å². The van der Waals surface area contributed by atoms with Crippen LogP contribution in [0.5, 0.6) is 0 Å². The van der Waals surface area contributed by atoms with E-state index in [0.29, 0.717) is 42.3 Å². The highest BCUT2D eigenvalue weighted by Crippen LogP contribution is 2.27. The van der Waals surface area contributed by atoms with Crippen LogP contribution in [0.25, 0.3) is 0 Å². The fourth-order valence-corrected chi connectivity index (χ4v) is 3.57. The predicted molar refractivity (Wildman–Crippen MR) is 125 cm³/mol. The SMILES string of the molecule is CCOCCCNC(=O)c1cc(NC(=O)Nc2ccc(C#N)cc2)ccc1N1CCCC1. The number of anilines is 3. The summed E-state index contributed by atoms with van der Waals surface area (Å²) in [6, 6.07) is 13.6. The van der Waals surface area contributed by atoms with Gasteiger partial charge in [0, 0.05) is 49.9 Å². The van der Waals surface area contributed by atoms with Gasteiger partial charge in [0.1, 0.15) is 0 Å². The van der Waals surface area contributed by atoms with Crippen molar-refractivity contribution < 1.29 is 14.3 Å². The van der Waals surface area contributed by atoms with E-state index in [-0.39, 0.29) is 5.91 Å². The van der Waals surface area contributed by atoms with Gasteiger partial charge in [-0.25, -0.2) is 4.79 Å². The highest BCUT2D eigenvalue weighted by Gasteiger charge is 2.20. The Bertz CT molecular complexity index is 963. The summed E-state index contributed by atoms with van der Waals surface area (Å²) in [5.41, 5.74) is 3.04. The third kappa shape index (κ3) is 6.46. The summed E-state index contributed by atoms with van der Waals surface area (Å²) in [5, 5.41) is 17.3. The lowest BCUT2D eigenvalue weighted by Crippen LogP contribution is -2.29. The summed E-state index contributed by atoms with van der Waals surface area (Å²) in [5.74, 6) is -0.167. The van der Waals surface area contributed by atoms with E-state index in [1.54, 1.807) is 36.4 Å². The van der Waals surface area contributed by atoms with Gasteiger partial charge in [-0.15, -0.1) is 0 Å². The molecule has 168 valence electrons. The van der Waals surface area contributed by atoms with Crippen LogP contribution in [-0.4, -0.2) is 44.8 Å². The van der Waals surface area contributed by atoms with Crippen molar-refractivity contribution in [1.29, 1.82) is 5.26 Å². The van der Waals surface area contributed by atoms with Crippen molar-refractivity contribution in [3.63, 3.8) is 0 Å². The molecule has 0 bridgehead atoms. The molecule has 0 saturated carbocycles. The number of nitrogens with zero attached hydrogens (tertiary/aromatic N) is 2. The molecule has 1 aliphatic heterocycles. The molecule has 0 aliphatic carbocycles. The molecule has 3 N–H and O–H groups in total. The quantitative estimate of drug-likeness (QED) is 0.517. The summed E-state index contributed by atoms with van der Waals surface area (Å²) >= 11 is 0. The van der Waals surface area contributed by atoms with Crippen molar-refractivity contribution in [3.8, 4) is 6.07 Å². The lowest BCUT2D eigenvalue weighted by molar-refractivity contribution is 0.0944. The Hall–Kier alpha value is -3.57. The van der Waals surface area contributed by atoms with E-state index >= 15 is 0 Å². The summed E-state index contributed by atoms with van der Waals surface area (Å²) in [6.45, 7) is 5.55. The van der Waals surface area contributed by atoms with Gasteiger partial charge in [-0.2, -0.15) is 5.26 Å². The van der Waals surface area contributed by atoms with E-state index in [2.05, 4.69) is 20.9 Å². The first-order valence-corrected chi connectivity index (χ1v) is 10.9. The van der Waals surface area contributed by atoms with Crippen molar-refractivity contribution >= 4 is 29.0 Å². The Morgan fingerprint density at radius 1 is 1.06 bits per heavy atom. The van der Waals surface area contributed by atoms with Crippen molar-refractivity contribution in [2.75, 3.05) is 48.4 Å². The van der Waals surface area contributed by atoms with Crippen LogP contribution < -0.4 is 20.9 Å². The number of nitrogens with one attached hydrogen (secondary N) is 3. The zero-order valence-corrected chi connectivity index (χ0v) is 18.3. The molecule has 1 aliphatic rings. The summed E-state index contributed by atoms with van der Waals surface area (Å²) < 4.78 is 5.32. The smallest absolute Gasteiger partial charge is 0.323 e. The number of ether oxygens (including phenoxy) is 1. The average Bonchev–Trinajstić information content (AvgIpc) is 3.34. The number of carbonyl (C=O) groups is 2. The highest BCUT2D eigenvalue weighted by molar-refractivity contribution is 6.04. The van der Waals surface area contributed by atoms with Gasteiger partial charge >= 0.3 is 6.03 Å². The molecular weight excluding hydrogens is 406 g/mol.